The van der Waals surface area contributed by atoms with Gasteiger partial charge in [0.15, 0.2) is 11.6 Å². The van der Waals surface area contributed by atoms with Crippen LogP contribution in [0.15, 0.2) is 30.5 Å². The minimum atomic E-state index is -0.361. The molecule has 0 bridgehead atoms. The number of rotatable bonds is 3. The molecule has 2 aromatic rings. The maximum absolute atomic E-state index is 14.2. The van der Waals surface area contributed by atoms with Gasteiger partial charge >= 0.3 is 0 Å². The Bertz CT molecular complexity index is 599. The molecule has 0 unspecified atom stereocenters. The summed E-state index contributed by atoms with van der Waals surface area (Å²) >= 11 is 5.72. The molecule has 0 N–H and O–H groups in total. The molecule has 19 heavy (non-hydrogen) atoms. The predicted octanol–water partition coefficient (Wildman–Crippen LogP) is 4.34. The zero-order valence-electron chi connectivity index (χ0n) is 11.2. The fourth-order valence-electron chi connectivity index (χ4n) is 2.10. The smallest absolute Gasteiger partial charge is 0.170 e. The Morgan fingerprint density at radius 3 is 2.63 bits per heavy atom. The first-order valence-electron chi connectivity index (χ1n) is 6.05. The lowest BCUT2D eigenvalue weighted by Gasteiger charge is -2.22. The first kappa shape index (κ1) is 13.8. The van der Waals surface area contributed by atoms with Crippen LogP contribution in [0, 0.1) is 19.7 Å². The van der Waals surface area contributed by atoms with Crippen molar-refractivity contribution in [2.45, 2.75) is 19.7 Å². The van der Waals surface area contributed by atoms with Gasteiger partial charge in [0.1, 0.15) is 0 Å². The van der Waals surface area contributed by atoms with Crippen LogP contribution in [0.25, 0.3) is 0 Å². The minimum Gasteiger partial charge on any atom is -0.327 e. The zero-order chi connectivity index (χ0) is 14.0. The van der Waals surface area contributed by atoms with E-state index in [-0.39, 0.29) is 11.7 Å². The molecule has 0 atom stereocenters. The van der Waals surface area contributed by atoms with E-state index in [1.807, 2.05) is 26.0 Å². The highest BCUT2D eigenvalue weighted by Gasteiger charge is 2.15. The van der Waals surface area contributed by atoms with E-state index in [2.05, 4.69) is 11.1 Å². The first-order valence-corrected chi connectivity index (χ1v) is 6.58. The second-order valence-corrected chi connectivity index (χ2v) is 4.86. The maximum Gasteiger partial charge on any atom is 0.170 e. The molecule has 0 amide bonds. The van der Waals surface area contributed by atoms with E-state index in [0.29, 0.717) is 11.4 Å². The van der Waals surface area contributed by atoms with Crippen molar-refractivity contribution in [3.05, 3.63) is 53.0 Å². The van der Waals surface area contributed by atoms with E-state index in [4.69, 9.17) is 11.6 Å². The van der Waals surface area contributed by atoms with E-state index in [9.17, 15) is 4.39 Å². The third kappa shape index (κ3) is 2.71. The van der Waals surface area contributed by atoms with Gasteiger partial charge in [-0.1, -0.05) is 17.7 Å². The number of pyridine rings is 1. The first-order chi connectivity index (χ1) is 9.04. The fraction of sp³-hybridized carbons (Fsp3) is 0.267. The SMILES string of the molecule is Cc1ccc(N(C)c2nccc(CCl)c2F)c(C)c1. The molecule has 1 aromatic heterocycles. The Morgan fingerprint density at radius 2 is 2.00 bits per heavy atom. The van der Waals surface area contributed by atoms with Crippen molar-refractivity contribution in [1.29, 1.82) is 0 Å². The van der Waals surface area contributed by atoms with Crippen molar-refractivity contribution in [2.75, 3.05) is 11.9 Å². The third-order valence-corrected chi connectivity index (χ3v) is 3.41. The minimum absolute atomic E-state index is 0.141. The van der Waals surface area contributed by atoms with Crippen molar-refractivity contribution in [2.24, 2.45) is 0 Å². The highest BCUT2D eigenvalue weighted by atomic mass is 35.5. The summed E-state index contributed by atoms with van der Waals surface area (Å²) in [6.07, 6.45) is 1.58. The van der Waals surface area contributed by atoms with Gasteiger partial charge in [-0.25, -0.2) is 9.37 Å². The largest absolute Gasteiger partial charge is 0.327 e. The molecule has 4 heteroatoms. The molecule has 0 aliphatic heterocycles. The highest BCUT2D eigenvalue weighted by molar-refractivity contribution is 6.17. The van der Waals surface area contributed by atoms with Gasteiger partial charge in [-0.05, 0) is 31.5 Å². The summed E-state index contributed by atoms with van der Waals surface area (Å²) in [4.78, 5) is 5.87. The summed E-state index contributed by atoms with van der Waals surface area (Å²) in [6, 6.07) is 7.64. The number of aryl methyl sites for hydroxylation is 2. The lowest BCUT2D eigenvalue weighted by Crippen LogP contribution is -2.15. The van der Waals surface area contributed by atoms with Crippen LogP contribution in [0.4, 0.5) is 15.9 Å². The summed E-state index contributed by atoms with van der Waals surface area (Å²) in [6.45, 7) is 4.03. The fourth-order valence-corrected chi connectivity index (χ4v) is 2.31. The van der Waals surface area contributed by atoms with Gasteiger partial charge < -0.3 is 4.90 Å². The van der Waals surface area contributed by atoms with Gasteiger partial charge in [0, 0.05) is 24.5 Å². The second kappa shape index (κ2) is 5.57. The normalized spacial score (nSPS) is 10.6. The Balaban J connectivity index is 2.47. The highest BCUT2D eigenvalue weighted by Crippen LogP contribution is 2.29. The molecule has 2 nitrogen and oxygen atoms in total. The number of benzene rings is 1. The van der Waals surface area contributed by atoms with E-state index in [0.717, 1.165) is 11.3 Å². The number of anilines is 2. The molecular formula is C15H16ClFN2. The van der Waals surface area contributed by atoms with Crippen molar-refractivity contribution in [3.8, 4) is 0 Å². The van der Waals surface area contributed by atoms with Gasteiger partial charge in [-0.2, -0.15) is 0 Å². The summed E-state index contributed by atoms with van der Waals surface area (Å²) in [5.41, 5.74) is 3.66. The number of nitrogens with zero attached hydrogens (tertiary/aromatic N) is 2. The van der Waals surface area contributed by atoms with Gasteiger partial charge in [0.2, 0.25) is 0 Å². The van der Waals surface area contributed by atoms with E-state index >= 15 is 0 Å². The van der Waals surface area contributed by atoms with Crippen molar-refractivity contribution in [3.63, 3.8) is 0 Å². The summed E-state index contributed by atoms with van der Waals surface area (Å²) in [7, 11) is 1.81. The lowest BCUT2D eigenvalue weighted by molar-refractivity contribution is 0.610. The molecule has 0 saturated carbocycles. The van der Waals surface area contributed by atoms with Crippen LogP contribution in [0.2, 0.25) is 0 Å². The maximum atomic E-state index is 14.2. The molecule has 2 rings (SSSR count). The van der Waals surface area contributed by atoms with Crippen molar-refractivity contribution in [1.82, 2.24) is 4.98 Å². The van der Waals surface area contributed by atoms with Crippen molar-refractivity contribution < 1.29 is 4.39 Å². The zero-order valence-corrected chi connectivity index (χ0v) is 12.0. The monoisotopic (exact) mass is 278 g/mol. The number of alkyl halides is 1. The van der Waals surface area contributed by atoms with Gasteiger partial charge in [-0.15, -0.1) is 11.6 Å². The molecular weight excluding hydrogens is 263 g/mol. The second-order valence-electron chi connectivity index (χ2n) is 4.59. The average molecular weight is 279 g/mol. The molecule has 100 valence electrons. The van der Waals surface area contributed by atoms with Crippen molar-refractivity contribution >= 4 is 23.1 Å². The number of hydrogen-bond donors (Lipinski definition) is 0. The van der Waals surface area contributed by atoms with Crippen LogP contribution in [0.1, 0.15) is 16.7 Å². The summed E-state index contributed by atoms with van der Waals surface area (Å²) in [5, 5.41) is 0. The quantitative estimate of drug-likeness (QED) is 0.776. The Hall–Kier alpha value is -1.61. The Kier molecular flexibility index (Phi) is 4.05. The Labute approximate surface area is 117 Å². The predicted molar refractivity (Wildman–Crippen MR) is 77.7 cm³/mol. The third-order valence-electron chi connectivity index (χ3n) is 3.13. The van der Waals surface area contributed by atoms with Crippen LogP contribution in [0.3, 0.4) is 0 Å². The molecule has 0 aliphatic rings. The van der Waals surface area contributed by atoms with Crippen LogP contribution in [-0.4, -0.2) is 12.0 Å². The molecule has 1 heterocycles. The topological polar surface area (TPSA) is 16.1 Å². The van der Waals surface area contributed by atoms with Gasteiger partial charge in [-0.3, -0.25) is 0 Å². The average Bonchev–Trinajstić information content (AvgIpc) is 2.38. The molecule has 0 aliphatic carbocycles. The van der Waals surface area contributed by atoms with Gasteiger partial charge in [0.05, 0.1) is 5.88 Å². The molecule has 0 saturated heterocycles. The van der Waals surface area contributed by atoms with Gasteiger partial charge in [0.25, 0.3) is 0 Å². The lowest BCUT2D eigenvalue weighted by atomic mass is 10.1. The van der Waals surface area contributed by atoms with Crippen LogP contribution >= 0.6 is 11.6 Å². The molecule has 0 radical (unpaired) electrons. The Morgan fingerprint density at radius 1 is 1.26 bits per heavy atom. The van der Waals surface area contributed by atoms with Crippen LogP contribution < -0.4 is 4.90 Å². The van der Waals surface area contributed by atoms with E-state index in [1.165, 1.54) is 5.56 Å². The number of aromatic nitrogens is 1. The van der Waals surface area contributed by atoms with Crippen LogP contribution in [0.5, 0.6) is 0 Å². The number of hydrogen-bond acceptors (Lipinski definition) is 2. The van der Waals surface area contributed by atoms with Crippen LogP contribution in [-0.2, 0) is 5.88 Å². The molecule has 0 fully saturated rings. The molecule has 1 aromatic carbocycles. The summed E-state index contributed by atoms with van der Waals surface area (Å²) in [5.74, 6) is 0.0762. The molecule has 0 spiro atoms. The summed E-state index contributed by atoms with van der Waals surface area (Å²) < 4.78 is 14.2. The standard InChI is InChI=1S/C15H16ClFN2/c1-10-4-5-13(11(2)8-10)19(3)15-14(17)12(9-16)6-7-18-15/h4-8H,9H2,1-3H3. The number of halogens is 2. The van der Waals surface area contributed by atoms with E-state index < -0.39 is 0 Å². The van der Waals surface area contributed by atoms with E-state index in [1.54, 1.807) is 24.2 Å².